The van der Waals surface area contributed by atoms with Crippen molar-refractivity contribution in [2.75, 3.05) is 37.0 Å². The smallest absolute Gasteiger partial charge is 0.131 e. The molecule has 0 radical (unpaired) electrons. The van der Waals surface area contributed by atoms with Crippen molar-refractivity contribution in [2.45, 2.75) is 40.2 Å². The van der Waals surface area contributed by atoms with E-state index < -0.39 is 0 Å². The minimum Gasteiger partial charge on any atom is -0.383 e. The number of ether oxygens (including phenoxy) is 1. The van der Waals surface area contributed by atoms with Crippen LogP contribution in [0.15, 0.2) is 18.2 Å². The van der Waals surface area contributed by atoms with E-state index in [2.05, 4.69) is 57.0 Å². The maximum absolute atomic E-state index is 5.20. The van der Waals surface area contributed by atoms with Crippen molar-refractivity contribution in [1.82, 2.24) is 4.98 Å². The van der Waals surface area contributed by atoms with E-state index in [9.17, 15) is 0 Å². The maximum Gasteiger partial charge on any atom is 0.131 e. The fourth-order valence-corrected chi connectivity index (χ4v) is 1.99. The third-order valence-corrected chi connectivity index (χ3v) is 2.71. The third-order valence-electron chi connectivity index (χ3n) is 2.71. The summed E-state index contributed by atoms with van der Waals surface area (Å²) in [7, 11) is 1.73. The van der Waals surface area contributed by atoms with Crippen LogP contribution < -0.4 is 10.2 Å². The molecule has 1 heterocycles. The van der Waals surface area contributed by atoms with Crippen LogP contribution in [0.25, 0.3) is 0 Å². The van der Waals surface area contributed by atoms with Gasteiger partial charge in [0.1, 0.15) is 11.6 Å². The zero-order chi connectivity index (χ0) is 15.2. The van der Waals surface area contributed by atoms with Crippen molar-refractivity contribution in [1.29, 1.82) is 0 Å². The first-order valence-electron chi connectivity index (χ1n) is 7.31. The van der Waals surface area contributed by atoms with Gasteiger partial charge in [0.15, 0.2) is 0 Å². The van der Waals surface area contributed by atoms with Crippen LogP contribution in [-0.4, -0.2) is 37.3 Å². The molecule has 0 unspecified atom stereocenters. The number of aromatic nitrogens is 1. The van der Waals surface area contributed by atoms with Crippen LogP contribution in [0.5, 0.6) is 0 Å². The highest BCUT2D eigenvalue weighted by molar-refractivity contribution is 5.48. The molecule has 1 rings (SSSR count). The predicted octanol–water partition coefficient (Wildman–Crippen LogP) is 3.40. The zero-order valence-electron chi connectivity index (χ0n) is 13.7. The second-order valence-electron chi connectivity index (χ2n) is 6.59. The van der Waals surface area contributed by atoms with Gasteiger partial charge in [-0.1, -0.05) is 19.9 Å². The molecule has 4 nitrogen and oxygen atoms in total. The van der Waals surface area contributed by atoms with Crippen LogP contribution in [0.2, 0.25) is 0 Å². The highest BCUT2D eigenvalue weighted by Gasteiger charge is 2.13. The second-order valence-corrected chi connectivity index (χ2v) is 6.59. The Morgan fingerprint density at radius 3 is 2.55 bits per heavy atom. The van der Waals surface area contributed by atoms with Crippen molar-refractivity contribution in [3.05, 3.63) is 18.2 Å². The number of hydrogen-bond donors (Lipinski definition) is 1. The summed E-state index contributed by atoms with van der Waals surface area (Å²) in [5.41, 5.74) is 0.0149. The highest BCUT2D eigenvalue weighted by atomic mass is 16.5. The Morgan fingerprint density at radius 1 is 1.30 bits per heavy atom. The summed E-state index contributed by atoms with van der Waals surface area (Å²) >= 11 is 0. The Kier molecular flexibility index (Phi) is 6.27. The summed E-state index contributed by atoms with van der Waals surface area (Å²) in [5.74, 6) is 2.51. The zero-order valence-corrected chi connectivity index (χ0v) is 13.7. The lowest BCUT2D eigenvalue weighted by molar-refractivity contribution is 0.204. The average molecular weight is 279 g/mol. The van der Waals surface area contributed by atoms with Gasteiger partial charge in [0.2, 0.25) is 0 Å². The fourth-order valence-electron chi connectivity index (χ4n) is 1.99. The normalized spacial score (nSPS) is 11.8. The molecule has 0 saturated carbocycles. The van der Waals surface area contributed by atoms with Gasteiger partial charge in [-0.25, -0.2) is 4.98 Å². The first kappa shape index (κ1) is 16.8. The monoisotopic (exact) mass is 279 g/mol. The molecule has 4 heteroatoms. The summed E-state index contributed by atoms with van der Waals surface area (Å²) in [6.45, 7) is 13.4. The molecule has 0 fully saturated rings. The summed E-state index contributed by atoms with van der Waals surface area (Å²) in [5, 5.41) is 3.42. The Morgan fingerprint density at radius 2 is 2.00 bits per heavy atom. The SMILES string of the molecule is COCCN(CC(C)C)c1cccc(NC(C)(C)C)n1. The molecule has 0 aliphatic heterocycles. The summed E-state index contributed by atoms with van der Waals surface area (Å²) in [6, 6.07) is 6.13. The molecule has 0 aliphatic carbocycles. The van der Waals surface area contributed by atoms with Gasteiger partial charge >= 0.3 is 0 Å². The fraction of sp³-hybridized carbons (Fsp3) is 0.688. The van der Waals surface area contributed by atoms with Crippen molar-refractivity contribution in [2.24, 2.45) is 5.92 Å². The van der Waals surface area contributed by atoms with Gasteiger partial charge in [0, 0.05) is 25.7 Å². The van der Waals surface area contributed by atoms with Crippen LogP contribution in [0.4, 0.5) is 11.6 Å². The van der Waals surface area contributed by atoms with Crippen LogP contribution in [0.1, 0.15) is 34.6 Å². The quantitative estimate of drug-likeness (QED) is 0.830. The van der Waals surface area contributed by atoms with E-state index in [0.29, 0.717) is 12.5 Å². The topological polar surface area (TPSA) is 37.4 Å². The minimum absolute atomic E-state index is 0.0149. The number of hydrogen-bond acceptors (Lipinski definition) is 4. The van der Waals surface area contributed by atoms with E-state index in [1.807, 2.05) is 6.07 Å². The van der Waals surface area contributed by atoms with Gasteiger partial charge in [-0.2, -0.15) is 0 Å². The summed E-state index contributed by atoms with van der Waals surface area (Å²) in [6.07, 6.45) is 0. The molecular weight excluding hydrogens is 250 g/mol. The molecule has 0 aliphatic rings. The van der Waals surface area contributed by atoms with Gasteiger partial charge in [0.25, 0.3) is 0 Å². The van der Waals surface area contributed by atoms with E-state index in [0.717, 1.165) is 24.7 Å². The number of nitrogens with one attached hydrogen (secondary N) is 1. The number of pyridine rings is 1. The molecule has 20 heavy (non-hydrogen) atoms. The lowest BCUT2D eigenvalue weighted by Crippen LogP contribution is -2.32. The van der Waals surface area contributed by atoms with Gasteiger partial charge in [-0.15, -0.1) is 0 Å². The Bertz CT molecular complexity index is 399. The first-order valence-corrected chi connectivity index (χ1v) is 7.31. The second kappa shape index (κ2) is 7.48. The molecule has 0 spiro atoms. The first-order chi connectivity index (χ1) is 9.31. The van der Waals surface area contributed by atoms with Crippen LogP contribution in [-0.2, 0) is 4.74 Å². The van der Waals surface area contributed by atoms with E-state index in [1.54, 1.807) is 7.11 Å². The summed E-state index contributed by atoms with van der Waals surface area (Å²) < 4.78 is 5.20. The number of nitrogens with zero attached hydrogens (tertiary/aromatic N) is 2. The summed E-state index contributed by atoms with van der Waals surface area (Å²) in [4.78, 5) is 7.00. The Labute approximate surface area is 123 Å². The average Bonchev–Trinajstić information content (AvgIpc) is 2.32. The molecule has 1 N–H and O–H groups in total. The maximum atomic E-state index is 5.20. The Hall–Kier alpha value is -1.29. The molecule has 114 valence electrons. The van der Waals surface area contributed by atoms with E-state index in [-0.39, 0.29) is 5.54 Å². The van der Waals surface area contributed by atoms with E-state index in [4.69, 9.17) is 9.72 Å². The third kappa shape index (κ3) is 6.24. The van der Waals surface area contributed by atoms with Gasteiger partial charge < -0.3 is 15.0 Å². The van der Waals surface area contributed by atoms with Crippen LogP contribution in [0, 0.1) is 5.92 Å². The van der Waals surface area contributed by atoms with Crippen LogP contribution >= 0.6 is 0 Å². The van der Waals surface area contributed by atoms with Crippen molar-refractivity contribution < 1.29 is 4.74 Å². The molecule has 0 saturated heterocycles. The molecule has 1 aromatic rings. The van der Waals surface area contributed by atoms with Gasteiger partial charge in [-0.05, 0) is 38.8 Å². The van der Waals surface area contributed by atoms with Crippen LogP contribution in [0.3, 0.4) is 0 Å². The molecule has 1 aromatic heterocycles. The largest absolute Gasteiger partial charge is 0.383 e. The van der Waals surface area contributed by atoms with E-state index >= 15 is 0 Å². The number of methoxy groups -OCH3 is 1. The van der Waals surface area contributed by atoms with E-state index in [1.165, 1.54) is 0 Å². The molecule has 0 aromatic carbocycles. The predicted molar refractivity (Wildman–Crippen MR) is 86.5 cm³/mol. The molecule has 0 atom stereocenters. The molecular formula is C16H29N3O. The standard InChI is InChI=1S/C16H29N3O/c1-13(2)12-19(10-11-20-6)15-9-7-8-14(17-15)18-16(3,4)5/h7-9,13H,10-12H2,1-6H3,(H,17,18). The number of rotatable bonds is 7. The Balaban J connectivity index is 2.86. The molecule has 0 bridgehead atoms. The lowest BCUT2D eigenvalue weighted by atomic mass is 10.1. The van der Waals surface area contributed by atoms with Crippen molar-refractivity contribution >= 4 is 11.6 Å². The van der Waals surface area contributed by atoms with Gasteiger partial charge in [0.05, 0.1) is 6.61 Å². The van der Waals surface area contributed by atoms with Gasteiger partial charge in [-0.3, -0.25) is 0 Å². The number of anilines is 2. The highest BCUT2D eigenvalue weighted by Crippen LogP contribution is 2.18. The minimum atomic E-state index is 0.0149. The molecule has 0 amide bonds. The lowest BCUT2D eigenvalue weighted by Gasteiger charge is -2.27. The van der Waals surface area contributed by atoms with Crippen molar-refractivity contribution in [3.8, 4) is 0 Å². The van der Waals surface area contributed by atoms with Crippen molar-refractivity contribution in [3.63, 3.8) is 0 Å².